The normalized spacial score (nSPS) is 17.1. The van der Waals surface area contributed by atoms with Gasteiger partial charge in [-0.05, 0) is 6.26 Å². The van der Waals surface area contributed by atoms with Gasteiger partial charge in [-0.3, -0.25) is 0 Å². The molecule has 2 N–H and O–H groups in total. The minimum absolute atomic E-state index is 0.856. The molecule has 0 saturated carbocycles. The largest absolute Gasteiger partial charge is 0.346 e. The van der Waals surface area contributed by atoms with E-state index in [9.17, 15) is 0 Å². The Hall–Kier alpha value is -0.570. The van der Waals surface area contributed by atoms with Gasteiger partial charge in [0.25, 0.3) is 0 Å². The van der Waals surface area contributed by atoms with E-state index in [1.165, 1.54) is 0 Å². The maximum absolute atomic E-state index is 3.66. The zero-order chi connectivity index (χ0) is 5.98. The molecule has 0 fully saturated rings. The van der Waals surface area contributed by atoms with E-state index in [2.05, 4.69) is 17.2 Å². The molecule has 0 aromatic heterocycles. The van der Waals surface area contributed by atoms with Crippen molar-refractivity contribution < 1.29 is 0 Å². The molecular formula is C5H8N2S. The lowest BCUT2D eigenvalue weighted by atomic mass is 10.8. The Labute approximate surface area is 53.0 Å². The molecule has 1 aliphatic rings. The Morgan fingerprint density at radius 2 is 2.50 bits per heavy atom. The van der Waals surface area contributed by atoms with Crippen LogP contribution in [0.4, 0.5) is 0 Å². The van der Waals surface area contributed by atoms with E-state index in [-0.39, 0.29) is 0 Å². The molecule has 0 spiro atoms. The summed E-state index contributed by atoms with van der Waals surface area (Å²) >= 11 is 1.66. The van der Waals surface area contributed by atoms with Crippen LogP contribution >= 0.6 is 11.8 Å². The van der Waals surface area contributed by atoms with Crippen LogP contribution in [0, 0.1) is 0 Å². The number of nitrogens with one attached hydrogen (secondary N) is 2. The Morgan fingerprint density at radius 1 is 1.75 bits per heavy atom. The lowest BCUT2D eigenvalue weighted by molar-refractivity contribution is 0.994. The van der Waals surface area contributed by atoms with Gasteiger partial charge in [-0.2, -0.15) is 0 Å². The summed E-state index contributed by atoms with van der Waals surface area (Å²) in [5.41, 5.74) is 0. The van der Waals surface area contributed by atoms with Crippen molar-refractivity contribution in [1.29, 1.82) is 0 Å². The molecule has 1 rings (SSSR count). The highest BCUT2D eigenvalue weighted by Gasteiger charge is 2.01. The Balaban J connectivity index is 2.49. The van der Waals surface area contributed by atoms with Crippen molar-refractivity contribution in [3.63, 3.8) is 0 Å². The molecule has 0 atom stereocenters. The first-order valence-corrected chi connectivity index (χ1v) is 3.52. The second-order valence-electron chi connectivity index (χ2n) is 1.46. The lowest BCUT2D eigenvalue weighted by Gasteiger charge is -1.96. The molecular weight excluding hydrogens is 120 g/mol. The minimum Gasteiger partial charge on any atom is -0.346 e. The van der Waals surface area contributed by atoms with Gasteiger partial charge in [-0.1, -0.05) is 6.58 Å². The first-order valence-electron chi connectivity index (χ1n) is 2.29. The predicted octanol–water partition coefficient (Wildman–Crippen LogP) is 0.812. The van der Waals surface area contributed by atoms with Gasteiger partial charge < -0.3 is 10.6 Å². The van der Waals surface area contributed by atoms with Crippen LogP contribution in [0.3, 0.4) is 0 Å². The third-order valence-corrected chi connectivity index (χ3v) is 1.53. The van der Waals surface area contributed by atoms with Crippen molar-refractivity contribution in [2.24, 2.45) is 0 Å². The van der Waals surface area contributed by atoms with Crippen molar-refractivity contribution in [1.82, 2.24) is 10.6 Å². The van der Waals surface area contributed by atoms with E-state index in [1.807, 2.05) is 12.5 Å². The summed E-state index contributed by atoms with van der Waals surface area (Å²) in [5, 5.41) is 7.07. The molecule has 0 bridgehead atoms. The van der Waals surface area contributed by atoms with Gasteiger partial charge in [0.15, 0.2) is 0 Å². The van der Waals surface area contributed by atoms with Crippen molar-refractivity contribution in [2.75, 3.05) is 6.26 Å². The average molecular weight is 128 g/mol. The van der Waals surface area contributed by atoms with Gasteiger partial charge in [-0.15, -0.1) is 11.8 Å². The van der Waals surface area contributed by atoms with E-state index in [1.54, 1.807) is 11.8 Å². The quantitative estimate of drug-likeness (QED) is 0.546. The van der Waals surface area contributed by atoms with E-state index < -0.39 is 0 Å². The van der Waals surface area contributed by atoms with E-state index in [4.69, 9.17) is 0 Å². The second-order valence-corrected chi connectivity index (χ2v) is 2.31. The van der Waals surface area contributed by atoms with Gasteiger partial charge in [0.05, 0.1) is 5.03 Å². The summed E-state index contributed by atoms with van der Waals surface area (Å²) in [4.78, 5) is 0. The molecule has 0 aromatic rings. The SMILES string of the molecule is C=C1NC=C(SC)N1. The fourth-order valence-electron chi connectivity index (χ4n) is 0.484. The van der Waals surface area contributed by atoms with E-state index in [0.717, 1.165) is 10.9 Å². The van der Waals surface area contributed by atoms with Crippen molar-refractivity contribution in [3.8, 4) is 0 Å². The molecule has 0 radical (unpaired) electrons. The van der Waals surface area contributed by atoms with Crippen LogP contribution in [-0.2, 0) is 0 Å². The second kappa shape index (κ2) is 2.13. The molecule has 2 nitrogen and oxygen atoms in total. The highest BCUT2D eigenvalue weighted by atomic mass is 32.2. The van der Waals surface area contributed by atoms with Crippen LogP contribution in [0.1, 0.15) is 0 Å². The standard InChI is InChI=1S/C5H8N2S/c1-4-6-3-5(7-4)8-2/h3,6-7H,1H2,2H3. The van der Waals surface area contributed by atoms with Crippen LogP contribution in [0.25, 0.3) is 0 Å². The van der Waals surface area contributed by atoms with Crippen LogP contribution in [0.15, 0.2) is 23.6 Å². The first kappa shape index (κ1) is 5.56. The minimum atomic E-state index is 0.856. The fourth-order valence-corrected chi connectivity index (χ4v) is 0.886. The summed E-state index contributed by atoms with van der Waals surface area (Å²) < 4.78 is 0. The van der Waals surface area contributed by atoms with E-state index in [0.29, 0.717) is 0 Å². The molecule has 3 heteroatoms. The Morgan fingerprint density at radius 3 is 2.75 bits per heavy atom. The molecule has 0 amide bonds. The fraction of sp³-hybridized carbons (Fsp3) is 0.200. The molecule has 1 aliphatic heterocycles. The van der Waals surface area contributed by atoms with Crippen LogP contribution in [0.2, 0.25) is 0 Å². The average Bonchev–Trinajstić information content (AvgIpc) is 2.14. The van der Waals surface area contributed by atoms with Crippen LogP contribution in [0.5, 0.6) is 0 Å². The number of hydrogen-bond acceptors (Lipinski definition) is 3. The van der Waals surface area contributed by atoms with Gasteiger partial charge in [0, 0.05) is 6.20 Å². The highest BCUT2D eigenvalue weighted by Crippen LogP contribution is 2.10. The summed E-state index contributed by atoms with van der Waals surface area (Å²) in [7, 11) is 0. The Kier molecular flexibility index (Phi) is 1.48. The lowest BCUT2D eigenvalue weighted by Crippen LogP contribution is -2.08. The third kappa shape index (κ3) is 0.980. The maximum Gasteiger partial charge on any atom is 0.100 e. The van der Waals surface area contributed by atoms with Crippen LogP contribution < -0.4 is 10.6 Å². The smallest absolute Gasteiger partial charge is 0.100 e. The molecule has 0 aliphatic carbocycles. The summed E-state index contributed by atoms with van der Waals surface area (Å²) in [5.74, 6) is 0.856. The topological polar surface area (TPSA) is 24.1 Å². The summed E-state index contributed by atoms with van der Waals surface area (Å²) in [6, 6.07) is 0. The van der Waals surface area contributed by atoms with Crippen molar-refractivity contribution in [2.45, 2.75) is 0 Å². The summed E-state index contributed by atoms with van der Waals surface area (Å²) in [6.07, 6.45) is 3.91. The van der Waals surface area contributed by atoms with Gasteiger partial charge >= 0.3 is 0 Å². The molecule has 8 heavy (non-hydrogen) atoms. The van der Waals surface area contributed by atoms with Gasteiger partial charge in [-0.25, -0.2) is 0 Å². The first-order chi connectivity index (χ1) is 3.83. The monoisotopic (exact) mass is 128 g/mol. The number of thioether (sulfide) groups is 1. The van der Waals surface area contributed by atoms with Crippen molar-refractivity contribution in [3.05, 3.63) is 23.6 Å². The van der Waals surface area contributed by atoms with Crippen LogP contribution in [-0.4, -0.2) is 6.26 Å². The number of rotatable bonds is 1. The van der Waals surface area contributed by atoms with Gasteiger partial charge in [0.2, 0.25) is 0 Å². The van der Waals surface area contributed by atoms with Crippen molar-refractivity contribution >= 4 is 11.8 Å². The van der Waals surface area contributed by atoms with E-state index >= 15 is 0 Å². The molecule has 1 heterocycles. The van der Waals surface area contributed by atoms with Gasteiger partial charge in [0.1, 0.15) is 5.82 Å². The zero-order valence-electron chi connectivity index (χ0n) is 4.69. The summed E-state index contributed by atoms with van der Waals surface area (Å²) in [6.45, 7) is 3.66. The molecule has 0 saturated heterocycles. The predicted molar refractivity (Wildman–Crippen MR) is 37.0 cm³/mol. The molecule has 44 valence electrons. The molecule has 0 unspecified atom stereocenters. The maximum atomic E-state index is 3.66. The zero-order valence-corrected chi connectivity index (χ0v) is 5.51. The molecule has 0 aromatic carbocycles. The number of hydrogen-bond donors (Lipinski definition) is 2. The third-order valence-electron chi connectivity index (χ3n) is 0.871. The Bertz CT molecular complexity index is 139. The highest BCUT2D eigenvalue weighted by molar-refractivity contribution is 8.02.